The second-order valence-electron chi connectivity index (χ2n) is 7.69. The van der Waals surface area contributed by atoms with E-state index in [1.54, 1.807) is 6.07 Å². The van der Waals surface area contributed by atoms with Crippen molar-refractivity contribution in [2.24, 2.45) is 0 Å². The van der Waals surface area contributed by atoms with Gasteiger partial charge in [-0.05, 0) is 47.4 Å². The van der Waals surface area contributed by atoms with Crippen molar-refractivity contribution in [2.75, 3.05) is 32.8 Å². The van der Waals surface area contributed by atoms with Crippen molar-refractivity contribution in [3.05, 3.63) is 70.8 Å². The molecule has 2 aliphatic rings. The largest absolute Gasteiger partial charge is 0.396 e. The van der Waals surface area contributed by atoms with Crippen LogP contribution in [0.4, 0.5) is 8.78 Å². The van der Waals surface area contributed by atoms with E-state index in [0.29, 0.717) is 19.5 Å². The molecule has 0 radical (unpaired) electrons. The van der Waals surface area contributed by atoms with Crippen molar-refractivity contribution in [2.45, 2.75) is 31.0 Å². The predicted octanol–water partition coefficient (Wildman–Crippen LogP) is 2.86. The minimum atomic E-state index is -0.618. The number of rotatable bonds is 5. The molecule has 1 aliphatic heterocycles. The number of fused-ring (bicyclic) bond motifs is 1. The third-order valence-corrected chi connectivity index (χ3v) is 6.11. The molecule has 2 N–H and O–H groups in total. The Morgan fingerprint density at radius 1 is 0.929 bits per heavy atom. The molecule has 3 unspecified atom stereocenters. The summed E-state index contributed by atoms with van der Waals surface area (Å²) in [6.45, 7) is 2.95. The molecule has 0 amide bonds. The Bertz CT molecular complexity index is 807. The van der Waals surface area contributed by atoms with Gasteiger partial charge in [-0.2, -0.15) is 0 Å². The van der Waals surface area contributed by atoms with Crippen LogP contribution in [0.25, 0.3) is 0 Å². The molecule has 2 aromatic carbocycles. The monoisotopic (exact) mass is 388 g/mol. The summed E-state index contributed by atoms with van der Waals surface area (Å²) in [6.07, 6.45) is 0.570. The molecule has 1 aliphatic carbocycles. The van der Waals surface area contributed by atoms with E-state index < -0.39 is 6.23 Å². The van der Waals surface area contributed by atoms with Gasteiger partial charge in [0.2, 0.25) is 0 Å². The maximum atomic E-state index is 14.0. The Hall–Kier alpha value is -1.86. The average Bonchev–Trinajstić information content (AvgIpc) is 3.07. The Morgan fingerprint density at radius 2 is 1.61 bits per heavy atom. The fourth-order valence-corrected chi connectivity index (χ4v) is 4.63. The van der Waals surface area contributed by atoms with Crippen LogP contribution >= 0.6 is 0 Å². The Labute approximate surface area is 164 Å². The van der Waals surface area contributed by atoms with Crippen molar-refractivity contribution in [3.63, 3.8) is 0 Å². The lowest BCUT2D eigenvalue weighted by Crippen LogP contribution is -2.51. The Morgan fingerprint density at radius 3 is 2.29 bits per heavy atom. The number of halogens is 2. The number of piperazine rings is 1. The molecule has 6 heteroatoms. The van der Waals surface area contributed by atoms with Crippen LogP contribution in [-0.2, 0) is 0 Å². The first-order valence-corrected chi connectivity index (χ1v) is 9.88. The first-order valence-electron chi connectivity index (χ1n) is 9.88. The lowest BCUT2D eigenvalue weighted by Gasteiger charge is -2.40. The molecule has 4 rings (SSSR count). The van der Waals surface area contributed by atoms with Gasteiger partial charge in [0, 0.05) is 51.2 Å². The topological polar surface area (TPSA) is 46.9 Å². The fourth-order valence-electron chi connectivity index (χ4n) is 4.63. The minimum absolute atomic E-state index is 0.0317. The molecular weight excluding hydrogens is 362 g/mol. The summed E-state index contributed by atoms with van der Waals surface area (Å²) in [6, 6.07) is 11.7. The molecule has 0 saturated carbocycles. The maximum absolute atomic E-state index is 14.0. The van der Waals surface area contributed by atoms with Gasteiger partial charge in [0.05, 0.1) is 0 Å². The van der Waals surface area contributed by atoms with Crippen LogP contribution in [0.5, 0.6) is 0 Å². The number of benzene rings is 2. The molecular formula is C22H26F2N2O2. The van der Waals surface area contributed by atoms with Gasteiger partial charge >= 0.3 is 0 Å². The highest BCUT2D eigenvalue weighted by atomic mass is 19.1. The lowest BCUT2D eigenvalue weighted by atomic mass is 9.93. The van der Waals surface area contributed by atoms with Crippen molar-refractivity contribution in [1.82, 2.24) is 9.80 Å². The lowest BCUT2D eigenvalue weighted by molar-refractivity contribution is -0.0438. The number of aliphatic hydroxyl groups is 2. The van der Waals surface area contributed by atoms with Crippen LogP contribution in [-0.4, -0.2) is 59.0 Å². The zero-order chi connectivity index (χ0) is 19.7. The van der Waals surface area contributed by atoms with E-state index in [1.165, 1.54) is 18.2 Å². The van der Waals surface area contributed by atoms with E-state index in [-0.39, 0.29) is 30.2 Å². The predicted molar refractivity (Wildman–Crippen MR) is 103 cm³/mol. The maximum Gasteiger partial charge on any atom is 0.123 e. The summed E-state index contributed by atoms with van der Waals surface area (Å²) in [4.78, 5) is 4.33. The van der Waals surface area contributed by atoms with Crippen LogP contribution in [0.3, 0.4) is 0 Å². The van der Waals surface area contributed by atoms with Crippen LogP contribution in [0.2, 0.25) is 0 Å². The van der Waals surface area contributed by atoms with Crippen LogP contribution < -0.4 is 0 Å². The molecule has 4 nitrogen and oxygen atoms in total. The van der Waals surface area contributed by atoms with E-state index in [2.05, 4.69) is 4.90 Å². The van der Waals surface area contributed by atoms with Gasteiger partial charge in [-0.1, -0.05) is 18.2 Å². The van der Waals surface area contributed by atoms with Gasteiger partial charge in [0.15, 0.2) is 0 Å². The molecule has 3 atom stereocenters. The van der Waals surface area contributed by atoms with Crippen LogP contribution in [0, 0.1) is 11.6 Å². The number of aliphatic hydroxyl groups excluding tert-OH is 2. The molecule has 150 valence electrons. The summed E-state index contributed by atoms with van der Waals surface area (Å²) in [5, 5.41) is 19.1. The van der Waals surface area contributed by atoms with E-state index >= 15 is 0 Å². The first-order chi connectivity index (χ1) is 13.6. The van der Waals surface area contributed by atoms with Crippen molar-refractivity contribution < 1.29 is 19.0 Å². The van der Waals surface area contributed by atoms with Crippen LogP contribution in [0.15, 0.2) is 42.5 Å². The quantitative estimate of drug-likeness (QED) is 0.827. The summed E-state index contributed by atoms with van der Waals surface area (Å²) in [7, 11) is 0. The molecule has 0 aromatic heterocycles. The Kier molecular flexibility index (Phi) is 5.73. The minimum Gasteiger partial charge on any atom is -0.396 e. The van der Waals surface area contributed by atoms with Gasteiger partial charge < -0.3 is 10.2 Å². The third kappa shape index (κ3) is 3.82. The molecule has 0 spiro atoms. The van der Waals surface area contributed by atoms with Gasteiger partial charge in [-0.3, -0.25) is 9.80 Å². The normalized spacial score (nSPS) is 24.3. The average molecular weight is 388 g/mol. The summed E-state index contributed by atoms with van der Waals surface area (Å²) >= 11 is 0. The summed E-state index contributed by atoms with van der Waals surface area (Å²) < 4.78 is 27.4. The van der Waals surface area contributed by atoms with Crippen molar-refractivity contribution >= 4 is 0 Å². The van der Waals surface area contributed by atoms with Crippen molar-refractivity contribution in [3.8, 4) is 0 Å². The molecule has 1 saturated heterocycles. The molecule has 1 heterocycles. The Balaban J connectivity index is 1.54. The third-order valence-electron chi connectivity index (χ3n) is 6.11. The van der Waals surface area contributed by atoms with E-state index in [4.69, 9.17) is 5.11 Å². The second-order valence-corrected chi connectivity index (χ2v) is 7.69. The zero-order valence-electron chi connectivity index (χ0n) is 15.8. The standard InChI is InChI=1S/C22H26F2N2O2/c23-16-3-1-15(2-4-16)19-14-21(20-13-17(24)5-6-18(19)20)25-8-10-26(11-9-25)22(28)7-12-27/h1-6,13,19,21-22,27-28H,7-12,14H2. The number of nitrogens with zero attached hydrogens (tertiary/aromatic N) is 2. The zero-order valence-corrected chi connectivity index (χ0v) is 15.8. The highest BCUT2D eigenvalue weighted by molar-refractivity contribution is 5.45. The van der Waals surface area contributed by atoms with E-state index in [1.807, 2.05) is 23.1 Å². The second kappa shape index (κ2) is 8.25. The SMILES string of the molecule is OCCC(O)N1CCN(C2CC(c3ccc(F)cc3)c3ccc(F)cc32)CC1. The van der Waals surface area contributed by atoms with Crippen molar-refractivity contribution in [1.29, 1.82) is 0 Å². The fraction of sp³-hybridized carbons (Fsp3) is 0.455. The molecule has 1 fully saturated rings. The van der Waals surface area contributed by atoms with E-state index in [0.717, 1.165) is 36.2 Å². The highest BCUT2D eigenvalue weighted by Crippen LogP contribution is 2.47. The number of hydrogen-bond acceptors (Lipinski definition) is 4. The smallest absolute Gasteiger partial charge is 0.123 e. The number of hydrogen-bond donors (Lipinski definition) is 2. The summed E-state index contributed by atoms with van der Waals surface area (Å²) in [5.41, 5.74) is 3.17. The first kappa shape index (κ1) is 19.5. The van der Waals surface area contributed by atoms with Gasteiger partial charge in [-0.25, -0.2) is 8.78 Å². The molecule has 0 bridgehead atoms. The van der Waals surface area contributed by atoms with Gasteiger partial charge in [0.25, 0.3) is 0 Å². The van der Waals surface area contributed by atoms with Gasteiger partial charge in [0.1, 0.15) is 17.9 Å². The molecule has 28 heavy (non-hydrogen) atoms. The van der Waals surface area contributed by atoms with Crippen LogP contribution in [0.1, 0.15) is 41.5 Å². The van der Waals surface area contributed by atoms with E-state index in [9.17, 15) is 13.9 Å². The summed E-state index contributed by atoms with van der Waals surface area (Å²) in [5.74, 6) is -0.366. The highest BCUT2D eigenvalue weighted by Gasteiger charge is 2.37. The molecule has 2 aromatic rings. The van der Waals surface area contributed by atoms with Gasteiger partial charge in [-0.15, -0.1) is 0 Å².